The minimum Gasteiger partial charge on any atom is -0.389 e. The zero-order valence-electron chi connectivity index (χ0n) is 17.1. The fourth-order valence-electron chi connectivity index (χ4n) is 8.53. The molecule has 0 aromatic heterocycles. The maximum absolute atomic E-state index is 12.2. The van der Waals surface area contributed by atoms with Crippen molar-refractivity contribution >= 4 is 0 Å². The Morgan fingerprint density at radius 3 is 2.69 bits per heavy atom. The van der Waals surface area contributed by atoms with E-state index in [9.17, 15) is 5.11 Å². The third-order valence-electron chi connectivity index (χ3n) is 9.41. The van der Waals surface area contributed by atoms with E-state index >= 15 is 0 Å². The van der Waals surface area contributed by atoms with Crippen LogP contribution in [0.5, 0.6) is 0 Å². The highest BCUT2D eigenvalue weighted by Gasteiger charge is 2.80. The molecule has 1 saturated heterocycles. The average Bonchev–Trinajstić information content (AvgIpc) is 2.91. The number of aliphatic hydroxyl groups is 1. The first-order chi connectivity index (χ1) is 12.1. The van der Waals surface area contributed by atoms with Gasteiger partial charge in [-0.1, -0.05) is 32.9 Å². The molecule has 9 atom stereocenters. The van der Waals surface area contributed by atoms with Crippen molar-refractivity contribution < 1.29 is 14.6 Å². The van der Waals surface area contributed by atoms with Crippen LogP contribution in [-0.2, 0) is 9.47 Å². The molecule has 26 heavy (non-hydrogen) atoms. The molecule has 5 aliphatic rings. The number of rotatable bonds is 1. The van der Waals surface area contributed by atoms with E-state index in [-0.39, 0.29) is 11.5 Å². The molecule has 0 aromatic rings. The van der Waals surface area contributed by atoms with Crippen molar-refractivity contribution in [1.82, 2.24) is 0 Å². The number of ether oxygens (including phenoxy) is 2. The molecule has 1 N–H and O–H groups in total. The third kappa shape index (κ3) is 1.81. The average molecular weight is 361 g/mol. The minimum absolute atomic E-state index is 0.126. The molecule has 2 bridgehead atoms. The summed E-state index contributed by atoms with van der Waals surface area (Å²) in [5.74, 6) is 2.98. The lowest BCUT2D eigenvalue weighted by atomic mass is 9.49. The van der Waals surface area contributed by atoms with E-state index in [1.54, 1.807) is 0 Å². The Labute approximate surface area is 158 Å². The van der Waals surface area contributed by atoms with Gasteiger partial charge in [0.15, 0.2) is 5.79 Å². The van der Waals surface area contributed by atoms with Gasteiger partial charge in [-0.2, -0.15) is 0 Å². The van der Waals surface area contributed by atoms with E-state index in [4.69, 9.17) is 9.47 Å². The first-order valence-electron chi connectivity index (χ1n) is 10.9. The first-order valence-corrected chi connectivity index (χ1v) is 10.9. The highest BCUT2D eigenvalue weighted by atomic mass is 16.7. The molecule has 4 saturated carbocycles. The molecule has 3 heteroatoms. The van der Waals surface area contributed by atoms with Crippen molar-refractivity contribution in [2.75, 3.05) is 6.61 Å². The maximum Gasteiger partial charge on any atom is 0.163 e. The largest absolute Gasteiger partial charge is 0.389 e. The van der Waals surface area contributed by atoms with Crippen LogP contribution in [-0.4, -0.2) is 29.2 Å². The minimum atomic E-state index is -0.591. The van der Waals surface area contributed by atoms with E-state index < -0.39 is 11.4 Å². The Hall–Kier alpha value is -0.380. The molecule has 4 aliphatic carbocycles. The molecule has 3 nitrogen and oxygen atoms in total. The normalized spacial score (nSPS) is 57.2. The lowest BCUT2D eigenvalue weighted by Crippen LogP contribution is -2.62. The highest BCUT2D eigenvalue weighted by molar-refractivity contribution is 5.38. The van der Waals surface area contributed by atoms with Crippen molar-refractivity contribution in [3.05, 3.63) is 12.2 Å². The zero-order valence-corrected chi connectivity index (χ0v) is 17.1. The predicted molar refractivity (Wildman–Crippen MR) is 101 cm³/mol. The van der Waals surface area contributed by atoms with Gasteiger partial charge in [0.05, 0.1) is 18.3 Å². The van der Waals surface area contributed by atoms with Gasteiger partial charge in [-0.05, 0) is 69.1 Å². The van der Waals surface area contributed by atoms with Gasteiger partial charge in [-0.15, -0.1) is 0 Å². The summed E-state index contributed by atoms with van der Waals surface area (Å²) in [6.07, 6.45) is 4.54. The summed E-state index contributed by atoms with van der Waals surface area (Å²) < 4.78 is 12.7. The van der Waals surface area contributed by atoms with Crippen LogP contribution in [0.3, 0.4) is 0 Å². The molecular formula is C23H36O3. The molecule has 0 unspecified atom stereocenters. The Balaban J connectivity index is 1.69. The molecule has 1 heterocycles. The fourth-order valence-corrected chi connectivity index (χ4v) is 8.53. The lowest BCUT2D eigenvalue weighted by Gasteiger charge is -2.60. The summed E-state index contributed by atoms with van der Waals surface area (Å²) in [4.78, 5) is 0. The van der Waals surface area contributed by atoms with Gasteiger partial charge in [0.1, 0.15) is 0 Å². The highest BCUT2D eigenvalue weighted by Crippen LogP contribution is 2.79. The molecule has 0 amide bonds. The van der Waals surface area contributed by atoms with E-state index in [0.717, 1.165) is 25.9 Å². The Bertz CT molecular complexity index is 639. The van der Waals surface area contributed by atoms with Gasteiger partial charge in [-0.25, -0.2) is 0 Å². The summed E-state index contributed by atoms with van der Waals surface area (Å²) in [7, 11) is 0. The number of hydrogen-bond acceptors (Lipinski definition) is 3. The number of hydrogen-bond donors (Lipinski definition) is 1. The molecule has 146 valence electrons. The van der Waals surface area contributed by atoms with Crippen LogP contribution < -0.4 is 0 Å². The van der Waals surface area contributed by atoms with Crippen LogP contribution in [0.2, 0.25) is 0 Å². The third-order valence-corrected chi connectivity index (χ3v) is 9.41. The summed E-state index contributed by atoms with van der Waals surface area (Å²) in [6, 6.07) is 0. The molecular weight excluding hydrogens is 324 g/mol. The van der Waals surface area contributed by atoms with Gasteiger partial charge in [0, 0.05) is 17.3 Å². The monoisotopic (exact) mass is 360 g/mol. The molecule has 5 fully saturated rings. The second-order valence-electron chi connectivity index (χ2n) is 10.9. The maximum atomic E-state index is 12.2. The van der Waals surface area contributed by atoms with E-state index in [2.05, 4.69) is 27.4 Å². The van der Waals surface area contributed by atoms with Gasteiger partial charge in [-0.3, -0.25) is 0 Å². The van der Waals surface area contributed by atoms with Crippen LogP contribution in [0.4, 0.5) is 0 Å². The molecule has 0 aromatic carbocycles. The van der Waals surface area contributed by atoms with E-state index in [0.29, 0.717) is 41.4 Å². The topological polar surface area (TPSA) is 38.7 Å². The fraction of sp³-hybridized carbons (Fsp3) is 0.913. The molecule has 5 rings (SSSR count). The van der Waals surface area contributed by atoms with Crippen molar-refractivity contribution in [3.8, 4) is 0 Å². The second-order valence-corrected chi connectivity index (χ2v) is 10.9. The molecule has 1 aliphatic heterocycles. The quantitative estimate of drug-likeness (QED) is 0.705. The Morgan fingerprint density at radius 1 is 1.27 bits per heavy atom. The van der Waals surface area contributed by atoms with Crippen LogP contribution >= 0.6 is 0 Å². The van der Waals surface area contributed by atoms with Crippen molar-refractivity contribution in [1.29, 1.82) is 0 Å². The van der Waals surface area contributed by atoms with E-state index in [1.807, 2.05) is 13.8 Å². The summed E-state index contributed by atoms with van der Waals surface area (Å²) >= 11 is 0. The lowest BCUT2D eigenvalue weighted by molar-refractivity contribution is -0.327. The van der Waals surface area contributed by atoms with Crippen molar-refractivity contribution in [2.24, 2.45) is 46.8 Å². The molecule has 0 radical (unpaired) electrons. The van der Waals surface area contributed by atoms with Crippen LogP contribution in [0.15, 0.2) is 12.2 Å². The standard InChI is InChI=1S/C23H36O3/c1-12(2)17-10-22(24)14(4)16-8-7-13(3)23(22)18(17)9-15-11-25-21(5,6)26-20(15)19(16)23/h12,14-20,24H,3,7-11H2,1-2,4-6H3/t14-,15+,16+,17-,18+,19+,20-,22+,23-/m1/s1. The first kappa shape index (κ1) is 17.7. The van der Waals surface area contributed by atoms with Crippen molar-refractivity contribution in [2.45, 2.75) is 77.8 Å². The smallest absolute Gasteiger partial charge is 0.163 e. The summed E-state index contributed by atoms with van der Waals surface area (Å²) in [5.41, 5.74) is 0.621. The SMILES string of the molecule is C=C1CC[C@@H]2[C@H]3[C@@H]4OC(C)(C)OC[C@@H]4C[C@H]4[C@@H](C(C)C)C[C@](O)([C@@H]2C)[C@@]134. The van der Waals surface area contributed by atoms with Crippen LogP contribution in [0.25, 0.3) is 0 Å². The van der Waals surface area contributed by atoms with Gasteiger partial charge < -0.3 is 14.6 Å². The summed E-state index contributed by atoms with van der Waals surface area (Å²) in [6.45, 7) is 16.5. The van der Waals surface area contributed by atoms with Crippen molar-refractivity contribution in [3.63, 3.8) is 0 Å². The zero-order chi connectivity index (χ0) is 18.6. The second kappa shape index (κ2) is 5.15. The van der Waals surface area contributed by atoms with E-state index in [1.165, 1.54) is 12.0 Å². The van der Waals surface area contributed by atoms with Crippen LogP contribution in [0, 0.1) is 46.8 Å². The van der Waals surface area contributed by atoms with Gasteiger partial charge in [0.25, 0.3) is 0 Å². The number of fused-ring (bicyclic) bond motifs is 1. The Morgan fingerprint density at radius 2 is 2.00 bits per heavy atom. The van der Waals surface area contributed by atoms with Crippen LogP contribution in [0.1, 0.15) is 60.3 Å². The Kier molecular flexibility index (Phi) is 3.51. The predicted octanol–water partition coefficient (Wildman–Crippen LogP) is 4.40. The van der Waals surface area contributed by atoms with Gasteiger partial charge >= 0.3 is 0 Å². The summed E-state index contributed by atoms with van der Waals surface area (Å²) in [5, 5.41) is 12.2. The van der Waals surface area contributed by atoms with Gasteiger partial charge in [0.2, 0.25) is 0 Å². The molecule has 1 spiro atoms.